The second-order valence-electron chi connectivity index (χ2n) is 5.22. The number of hydrogen-bond donors (Lipinski definition) is 0. The van der Waals surface area contributed by atoms with Crippen LogP contribution in [0, 0.1) is 16.7 Å². The Morgan fingerprint density at radius 3 is 2.24 bits per heavy atom. The molecule has 1 amide bonds. The Hall–Kier alpha value is -1.82. The van der Waals surface area contributed by atoms with Crippen LogP contribution in [0.2, 0.25) is 0 Å². The van der Waals surface area contributed by atoms with Crippen LogP contribution < -0.4 is 0 Å². The summed E-state index contributed by atoms with van der Waals surface area (Å²) in [6.45, 7) is 6.29. The summed E-state index contributed by atoms with van der Waals surface area (Å²) >= 11 is 0. The van der Waals surface area contributed by atoms with Crippen molar-refractivity contribution in [3.8, 4) is 6.07 Å². The van der Waals surface area contributed by atoms with Gasteiger partial charge in [0.2, 0.25) is 5.91 Å². The fourth-order valence-electron chi connectivity index (χ4n) is 1.60. The molecule has 0 fully saturated rings. The Morgan fingerprint density at radius 1 is 1.29 bits per heavy atom. The van der Waals surface area contributed by atoms with Crippen LogP contribution in [0.3, 0.4) is 0 Å². The lowest BCUT2D eigenvalue weighted by Crippen LogP contribution is -2.36. The Labute approximate surface area is 103 Å². The molecule has 0 heterocycles. The first-order chi connectivity index (χ1) is 7.84. The van der Waals surface area contributed by atoms with Crippen molar-refractivity contribution in [2.24, 2.45) is 5.41 Å². The van der Waals surface area contributed by atoms with E-state index in [-0.39, 0.29) is 11.3 Å². The standard InChI is InChI=1S/C14H18N2O/c1-14(2,3)13(17)16(4)10-12-7-5-11(9-15)6-8-12/h5-8H,10H2,1-4H3. The molecule has 1 aromatic carbocycles. The number of benzene rings is 1. The maximum absolute atomic E-state index is 12.0. The summed E-state index contributed by atoms with van der Waals surface area (Å²) in [5.41, 5.74) is 1.31. The molecule has 0 aliphatic heterocycles. The van der Waals surface area contributed by atoms with Crippen LogP contribution in [0.5, 0.6) is 0 Å². The third-order valence-corrected chi connectivity index (χ3v) is 2.49. The Morgan fingerprint density at radius 2 is 1.82 bits per heavy atom. The monoisotopic (exact) mass is 230 g/mol. The highest BCUT2D eigenvalue weighted by molar-refractivity contribution is 5.81. The van der Waals surface area contributed by atoms with Gasteiger partial charge in [0, 0.05) is 19.0 Å². The van der Waals surface area contributed by atoms with Crippen molar-refractivity contribution in [3.63, 3.8) is 0 Å². The summed E-state index contributed by atoms with van der Waals surface area (Å²) in [5.74, 6) is 0.113. The molecule has 0 radical (unpaired) electrons. The van der Waals surface area contributed by atoms with E-state index in [9.17, 15) is 4.79 Å². The Balaban J connectivity index is 2.72. The van der Waals surface area contributed by atoms with Gasteiger partial charge in [-0.2, -0.15) is 5.26 Å². The number of carbonyl (C=O) groups excluding carboxylic acids is 1. The van der Waals surface area contributed by atoms with Crippen molar-refractivity contribution >= 4 is 5.91 Å². The fraction of sp³-hybridized carbons (Fsp3) is 0.429. The molecular formula is C14H18N2O. The van der Waals surface area contributed by atoms with E-state index >= 15 is 0 Å². The van der Waals surface area contributed by atoms with Crippen LogP contribution in [0.1, 0.15) is 31.9 Å². The minimum atomic E-state index is -0.360. The highest BCUT2D eigenvalue weighted by atomic mass is 16.2. The average Bonchev–Trinajstić information content (AvgIpc) is 2.27. The summed E-state index contributed by atoms with van der Waals surface area (Å²) in [5, 5.41) is 8.69. The van der Waals surface area contributed by atoms with Gasteiger partial charge in [0.25, 0.3) is 0 Å². The SMILES string of the molecule is CN(Cc1ccc(C#N)cc1)C(=O)C(C)(C)C. The highest BCUT2D eigenvalue weighted by Gasteiger charge is 2.24. The average molecular weight is 230 g/mol. The minimum Gasteiger partial charge on any atom is -0.341 e. The molecule has 90 valence electrons. The maximum atomic E-state index is 12.0. The lowest BCUT2D eigenvalue weighted by Gasteiger charge is -2.26. The first kappa shape index (κ1) is 13.2. The van der Waals surface area contributed by atoms with Gasteiger partial charge >= 0.3 is 0 Å². The third kappa shape index (κ3) is 3.60. The smallest absolute Gasteiger partial charge is 0.227 e. The zero-order chi connectivity index (χ0) is 13.1. The van der Waals surface area contributed by atoms with Crippen LogP contribution in [0.15, 0.2) is 24.3 Å². The van der Waals surface area contributed by atoms with Crippen LogP contribution in [-0.4, -0.2) is 17.9 Å². The zero-order valence-corrected chi connectivity index (χ0v) is 10.8. The molecule has 1 aromatic rings. The summed E-state index contributed by atoms with van der Waals surface area (Å²) < 4.78 is 0. The molecule has 3 heteroatoms. The van der Waals surface area contributed by atoms with Gasteiger partial charge in [0.05, 0.1) is 11.6 Å². The first-order valence-corrected chi connectivity index (χ1v) is 5.59. The van der Waals surface area contributed by atoms with Crippen molar-refractivity contribution in [1.29, 1.82) is 5.26 Å². The Bertz CT molecular complexity index is 435. The largest absolute Gasteiger partial charge is 0.341 e. The second kappa shape index (κ2) is 5.01. The number of rotatable bonds is 2. The normalized spacial score (nSPS) is 10.8. The molecule has 0 aliphatic carbocycles. The van der Waals surface area contributed by atoms with E-state index in [0.29, 0.717) is 12.1 Å². The van der Waals surface area contributed by atoms with E-state index in [1.165, 1.54) is 0 Å². The van der Waals surface area contributed by atoms with Crippen molar-refractivity contribution in [2.75, 3.05) is 7.05 Å². The van der Waals surface area contributed by atoms with Crippen LogP contribution in [-0.2, 0) is 11.3 Å². The minimum absolute atomic E-state index is 0.113. The summed E-state index contributed by atoms with van der Waals surface area (Å²) in [6.07, 6.45) is 0. The number of nitrogens with zero attached hydrogens (tertiary/aromatic N) is 2. The van der Waals surface area contributed by atoms with E-state index in [0.717, 1.165) is 5.56 Å². The molecule has 0 aromatic heterocycles. The molecule has 0 N–H and O–H groups in total. The van der Waals surface area contributed by atoms with Gasteiger partial charge in [-0.15, -0.1) is 0 Å². The number of hydrogen-bond acceptors (Lipinski definition) is 2. The second-order valence-corrected chi connectivity index (χ2v) is 5.22. The predicted octanol–water partition coefficient (Wildman–Crippen LogP) is 2.56. The van der Waals surface area contributed by atoms with Crippen LogP contribution in [0.4, 0.5) is 0 Å². The number of nitriles is 1. The topological polar surface area (TPSA) is 44.1 Å². The van der Waals surface area contributed by atoms with Crippen molar-refractivity contribution in [3.05, 3.63) is 35.4 Å². The zero-order valence-electron chi connectivity index (χ0n) is 10.8. The van der Waals surface area contributed by atoms with Gasteiger partial charge in [0.1, 0.15) is 0 Å². The molecule has 17 heavy (non-hydrogen) atoms. The van der Waals surface area contributed by atoms with Gasteiger partial charge in [0.15, 0.2) is 0 Å². The first-order valence-electron chi connectivity index (χ1n) is 5.59. The maximum Gasteiger partial charge on any atom is 0.227 e. The molecule has 0 unspecified atom stereocenters. The summed E-state index contributed by atoms with van der Waals surface area (Å²) in [7, 11) is 1.80. The molecule has 3 nitrogen and oxygen atoms in total. The van der Waals surface area contributed by atoms with Crippen LogP contribution in [0.25, 0.3) is 0 Å². The number of amides is 1. The molecule has 0 aliphatic rings. The van der Waals surface area contributed by atoms with E-state index in [2.05, 4.69) is 6.07 Å². The highest BCUT2D eigenvalue weighted by Crippen LogP contribution is 2.18. The third-order valence-electron chi connectivity index (χ3n) is 2.49. The van der Waals surface area contributed by atoms with E-state index in [1.54, 1.807) is 24.1 Å². The fourth-order valence-corrected chi connectivity index (χ4v) is 1.60. The van der Waals surface area contributed by atoms with Gasteiger partial charge in [-0.05, 0) is 17.7 Å². The van der Waals surface area contributed by atoms with Gasteiger partial charge in [-0.25, -0.2) is 0 Å². The van der Waals surface area contributed by atoms with Crippen molar-refractivity contribution < 1.29 is 4.79 Å². The lowest BCUT2D eigenvalue weighted by molar-refractivity contribution is -0.138. The molecule has 0 saturated carbocycles. The van der Waals surface area contributed by atoms with E-state index in [1.807, 2.05) is 32.9 Å². The van der Waals surface area contributed by atoms with Crippen molar-refractivity contribution in [1.82, 2.24) is 4.90 Å². The predicted molar refractivity (Wildman–Crippen MR) is 67.1 cm³/mol. The van der Waals surface area contributed by atoms with Crippen LogP contribution >= 0.6 is 0 Å². The molecule has 0 saturated heterocycles. The molecule has 0 atom stereocenters. The quantitative estimate of drug-likeness (QED) is 0.783. The molecule has 0 bridgehead atoms. The molecule has 0 spiro atoms. The summed E-state index contributed by atoms with van der Waals surface area (Å²) in [6, 6.07) is 9.37. The molecule has 1 rings (SSSR count). The lowest BCUT2D eigenvalue weighted by atomic mass is 9.95. The van der Waals surface area contributed by atoms with Gasteiger partial charge in [-0.1, -0.05) is 32.9 Å². The van der Waals surface area contributed by atoms with Crippen molar-refractivity contribution in [2.45, 2.75) is 27.3 Å². The van der Waals surface area contributed by atoms with E-state index < -0.39 is 0 Å². The summed E-state index contributed by atoms with van der Waals surface area (Å²) in [4.78, 5) is 13.7. The van der Waals surface area contributed by atoms with Gasteiger partial charge < -0.3 is 4.90 Å². The molecular weight excluding hydrogens is 212 g/mol. The van der Waals surface area contributed by atoms with Gasteiger partial charge in [-0.3, -0.25) is 4.79 Å². The number of carbonyl (C=O) groups is 1. The van der Waals surface area contributed by atoms with E-state index in [4.69, 9.17) is 5.26 Å². The Kier molecular flexibility index (Phi) is 3.90.